The topological polar surface area (TPSA) is 68.2 Å². The van der Waals surface area contributed by atoms with Gasteiger partial charge in [0.1, 0.15) is 12.2 Å². The molecule has 0 spiro atoms. The van der Waals surface area contributed by atoms with Gasteiger partial charge in [-0.3, -0.25) is 0 Å². The van der Waals surface area contributed by atoms with Gasteiger partial charge in [0, 0.05) is 5.92 Å². The van der Waals surface area contributed by atoms with Crippen LogP contribution in [0.2, 0.25) is 18.1 Å². The molecule has 2 N–H and O–H groups in total. The molecule has 3 rings (SSSR count). The van der Waals surface area contributed by atoms with E-state index in [1.807, 2.05) is 60.7 Å². The minimum Gasteiger partial charge on any atom is -0.411 e. The van der Waals surface area contributed by atoms with Crippen molar-refractivity contribution in [3.8, 4) is 0 Å². The molecule has 1 aliphatic carbocycles. The van der Waals surface area contributed by atoms with Crippen LogP contribution in [0.5, 0.6) is 0 Å². The molecule has 1 aliphatic rings. The molecule has 0 amide bonds. The first-order valence-corrected chi connectivity index (χ1v) is 14.8. The highest BCUT2D eigenvalue weighted by atomic mass is 28.4. The smallest absolute Gasteiger partial charge is 0.192 e. The first-order chi connectivity index (χ1) is 15.6. The van der Waals surface area contributed by atoms with E-state index in [4.69, 9.17) is 13.9 Å². The summed E-state index contributed by atoms with van der Waals surface area (Å²) in [4.78, 5) is 0. The second-order valence-corrected chi connectivity index (χ2v) is 15.4. The SMILES string of the molecule is CC(C)(C)[Si](C)(C)O[C@H]1[C@H](COCc2ccccc2)C[C@@H](OCc2ccccc2)[C@H](O)[C@@H]1O. The zero-order valence-corrected chi connectivity index (χ0v) is 21.6. The van der Waals surface area contributed by atoms with Gasteiger partial charge >= 0.3 is 0 Å². The summed E-state index contributed by atoms with van der Waals surface area (Å²) in [5.41, 5.74) is 2.14. The highest BCUT2D eigenvalue weighted by molar-refractivity contribution is 6.74. The van der Waals surface area contributed by atoms with Crippen molar-refractivity contribution < 1.29 is 24.1 Å². The molecule has 182 valence electrons. The Bertz CT molecular complexity index is 837. The van der Waals surface area contributed by atoms with E-state index in [0.717, 1.165) is 11.1 Å². The van der Waals surface area contributed by atoms with Crippen LogP contribution in [-0.2, 0) is 27.1 Å². The van der Waals surface area contributed by atoms with Gasteiger partial charge in [0.15, 0.2) is 8.32 Å². The maximum atomic E-state index is 11.1. The van der Waals surface area contributed by atoms with Crippen molar-refractivity contribution >= 4 is 8.32 Å². The first-order valence-electron chi connectivity index (χ1n) is 11.9. The Morgan fingerprint density at radius 3 is 1.94 bits per heavy atom. The molecule has 0 bridgehead atoms. The maximum Gasteiger partial charge on any atom is 0.192 e. The first kappa shape index (κ1) is 26.1. The van der Waals surface area contributed by atoms with Crippen LogP contribution in [0.15, 0.2) is 60.7 Å². The second kappa shape index (κ2) is 11.3. The Hall–Kier alpha value is -1.54. The van der Waals surface area contributed by atoms with Crippen LogP contribution in [0, 0.1) is 5.92 Å². The van der Waals surface area contributed by atoms with Crippen molar-refractivity contribution in [1.29, 1.82) is 0 Å². The normalized spacial score (nSPS) is 26.3. The van der Waals surface area contributed by atoms with E-state index in [9.17, 15) is 10.2 Å². The van der Waals surface area contributed by atoms with Crippen LogP contribution >= 0.6 is 0 Å². The molecule has 2 aromatic rings. The number of ether oxygens (including phenoxy) is 2. The van der Waals surface area contributed by atoms with Gasteiger partial charge < -0.3 is 24.1 Å². The number of rotatable bonds is 9. The average Bonchev–Trinajstić information content (AvgIpc) is 2.78. The van der Waals surface area contributed by atoms with Crippen LogP contribution in [0.4, 0.5) is 0 Å². The van der Waals surface area contributed by atoms with Gasteiger partial charge in [0.2, 0.25) is 0 Å². The predicted octanol–water partition coefficient (Wildman–Crippen LogP) is 4.92. The van der Waals surface area contributed by atoms with Crippen molar-refractivity contribution in [3.05, 3.63) is 71.8 Å². The van der Waals surface area contributed by atoms with Crippen molar-refractivity contribution in [1.82, 2.24) is 0 Å². The molecule has 0 saturated heterocycles. The third kappa shape index (κ3) is 6.98. The standard InChI is InChI=1S/C27H40O5Si/c1-27(2,3)33(4,5)32-26-22(19-30-17-20-12-8-6-9-13-20)16-23(24(28)25(26)29)31-18-21-14-10-7-11-15-21/h6-15,22-26,28-29H,16-19H2,1-5H3/t22-,23+,24-,25-,26-/m0/s1. The van der Waals surface area contributed by atoms with Crippen LogP contribution in [0.3, 0.4) is 0 Å². The molecule has 1 saturated carbocycles. The quantitative estimate of drug-likeness (QED) is 0.507. The van der Waals surface area contributed by atoms with Crippen LogP contribution < -0.4 is 0 Å². The lowest BCUT2D eigenvalue weighted by Crippen LogP contribution is -2.59. The molecule has 5 atom stereocenters. The summed E-state index contributed by atoms with van der Waals surface area (Å²) >= 11 is 0. The van der Waals surface area contributed by atoms with E-state index in [1.165, 1.54) is 0 Å². The fraction of sp³-hybridized carbons (Fsp3) is 0.556. The van der Waals surface area contributed by atoms with Gasteiger partial charge in [-0.1, -0.05) is 81.4 Å². The molecule has 6 heteroatoms. The Morgan fingerprint density at radius 1 is 0.848 bits per heavy atom. The summed E-state index contributed by atoms with van der Waals surface area (Å²) in [7, 11) is -2.17. The highest BCUT2D eigenvalue weighted by Crippen LogP contribution is 2.41. The Kier molecular flexibility index (Phi) is 8.89. The van der Waals surface area contributed by atoms with E-state index in [0.29, 0.717) is 26.2 Å². The number of hydrogen-bond donors (Lipinski definition) is 2. The zero-order chi connectivity index (χ0) is 24.1. The van der Waals surface area contributed by atoms with E-state index in [2.05, 4.69) is 33.9 Å². The fourth-order valence-corrected chi connectivity index (χ4v) is 5.32. The van der Waals surface area contributed by atoms with Crippen LogP contribution in [-0.4, -0.2) is 49.6 Å². The van der Waals surface area contributed by atoms with E-state index in [1.54, 1.807) is 0 Å². The Balaban J connectivity index is 1.72. The van der Waals surface area contributed by atoms with Gasteiger partial charge in [0.05, 0.1) is 32.0 Å². The molecular formula is C27H40O5Si. The summed E-state index contributed by atoms with van der Waals surface area (Å²) in [5.74, 6) is -0.0815. The third-order valence-electron chi connectivity index (χ3n) is 7.05. The van der Waals surface area contributed by atoms with Crippen LogP contribution in [0.25, 0.3) is 0 Å². The Labute approximate surface area is 199 Å². The predicted molar refractivity (Wildman–Crippen MR) is 133 cm³/mol. The van der Waals surface area contributed by atoms with Gasteiger partial charge in [-0.2, -0.15) is 0 Å². The Morgan fingerprint density at radius 2 is 1.39 bits per heavy atom. The highest BCUT2D eigenvalue weighted by Gasteiger charge is 2.49. The van der Waals surface area contributed by atoms with Gasteiger partial charge in [-0.25, -0.2) is 0 Å². The fourth-order valence-electron chi connectivity index (χ4n) is 3.96. The van der Waals surface area contributed by atoms with Crippen LogP contribution in [0.1, 0.15) is 38.3 Å². The van der Waals surface area contributed by atoms with E-state index in [-0.39, 0.29) is 11.0 Å². The lowest BCUT2D eigenvalue weighted by Gasteiger charge is -2.47. The largest absolute Gasteiger partial charge is 0.411 e. The molecule has 2 aromatic carbocycles. The molecule has 1 fully saturated rings. The molecule has 0 heterocycles. The summed E-state index contributed by atoms with van der Waals surface area (Å²) < 4.78 is 18.8. The molecule has 0 unspecified atom stereocenters. The number of hydrogen-bond acceptors (Lipinski definition) is 5. The summed E-state index contributed by atoms with van der Waals surface area (Å²) in [6, 6.07) is 19.9. The number of aliphatic hydroxyl groups excluding tert-OH is 2. The van der Waals surface area contributed by atoms with Crippen molar-refractivity contribution in [2.24, 2.45) is 5.92 Å². The van der Waals surface area contributed by atoms with Crippen molar-refractivity contribution in [3.63, 3.8) is 0 Å². The zero-order valence-electron chi connectivity index (χ0n) is 20.6. The summed E-state index contributed by atoms with van der Waals surface area (Å²) in [6.45, 7) is 12.2. The third-order valence-corrected chi connectivity index (χ3v) is 11.5. The average molecular weight is 473 g/mol. The second-order valence-electron chi connectivity index (χ2n) is 10.7. The molecular weight excluding hydrogens is 432 g/mol. The monoisotopic (exact) mass is 472 g/mol. The molecule has 0 aliphatic heterocycles. The summed E-state index contributed by atoms with van der Waals surface area (Å²) in [5, 5.41) is 22.1. The lowest BCUT2D eigenvalue weighted by molar-refractivity contribution is -0.180. The van der Waals surface area contributed by atoms with Crippen molar-refractivity contribution in [2.45, 2.75) is 83.0 Å². The molecule has 0 radical (unpaired) electrons. The van der Waals surface area contributed by atoms with E-state index < -0.39 is 32.7 Å². The number of benzene rings is 2. The van der Waals surface area contributed by atoms with Gasteiger partial charge in [-0.05, 0) is 35.7 Å². The maximum absolute atomic E-state index is 11.1. The van der Waals surface area contributed by atoms with Gasteiger partial charge in [-0.15, -0.1) is 0 Å². The molecule has 0 aromatic heterocycles. The summed E-state index contributed by atoms with van der Waals surface area (Å²) in [6.07, 6.45) is -2.44. The van der Waals surface area contributed by atoms with E-state index >= 15 is 0 Å². The van der Waals surface area contributed by atoms with Crippen molar-refractivity contribution in [2.75, 3.05) is 6.61 Å². The molecule has 33 heavy (non-hydrogen) atoms. The molecule has 5 nitrogen and oxygen atoms in total. The minimum atomic E-state index is -2.17. The van der Waals surface area contributed by atoms with Gasteiger partial charge in [0.25, 0.3) is 0 Å². The number of aliphatic hydroxyl groups is 2. The minimum absolute atomic E-state index is 0.00617. The lowest BCUT2D eigenvalue weighted by atomic mass is 9.81.